The molecule has 5 heteroatoms. The number of hydrogen-bond acceptors (Lipinski definition) is 2. The van der Waals surface area contributed by atoms with Crippen LogP contribution in [-0.2, 0) is 13.1 Å². The summed E-state index contributed by atoms with van der Waals surface area (Å²) in [5.74, 6) is -0.0899. The summed E-state index contributed by atoms with van der Waals surface area (Å²) >= 11 is 3.42. The first-order valence-corrected chi connectivity index (χ1v) is 9.91. The molecule has 140 valence electrons. The summed E-state index contributed by atoms with van der Waals surface area (Å²) in [4.78, 5) is 12.6. The van der Waals surface area contributed by atoms with E-state index in [0.717, 1.165) is 20.9 Å². The minimum absolute atomic E-state index is 0.0899. The normalized spacial score (nSPS) is 10.9. The van der Waals surface area contributed by atoms with E-state index in [-0.39, 0.29) is 5.91 Å². The molecule has 1 heterocycles. The van der Waals surface area contributed by atoms with Gasteiger partial charge < -0.3 is 5.32 Å². The zero-order valence-corrected chi connectivity index (χ0v) is 17.1. The Kier molecular flexibility index (Phi) is 5.26. The van der Waals surface area contributed by atoms with Gasteiger partial charge in [0.1, 0.15) is 0 Å². The molecule has 0 aliphatic carbocycles. The maximum atomic E-state index is 12.6. The fraction of sp³-hybridized carbons (Fsp3) is 0.130. The monoisotopic (exact) mass is 433 g/mol. The molecule has 0 fully saturated rings. The Labute approximate surface area is 172 Å². The Morgan fingerprint density at radius 2 is 1.71 bits per heavy atom. The number of nitrogens with zero attached hydrogens (tertiary/aromatic N) is 2. The summed E-state index contributed by atoms with van der Waals surface area (Å²) in [6, 6.07) is 22.0. The van der Waals surface area contributed by atoms with E-state index >= 15 is 0 Å². The van der Waals surface area contributed by atoms with E-state index in [1.54, 1.807) is 0 Å². The van der Waals surface area contributed by atoms with Gasteiger partial charge in [0.2, 0.25) is 0 Å². The van der Waals surface area contributed by atoms with Crippen LogP contribution in [0, 0.1) is 6.92 Å². The molecular formula is C23H20BrN3O. The van der Waals surface area contributed by atoms with E-state index in [4.69, 9.17) is 0 Å². The second-order valence-corrected chi connectivity index (χ2v) is 7.79. The molecule has 1 amide bonds. The van der Waals surface area contributed by atoms with Crippen molar-refractivity contribution in [3.63, 3.8) is 0 Å². The third kappa shape index (κ3) is 4.15. The van der Waals surface area contributed by atoms with Crippen LogP contribution in [0.3, 0.4) is 0 Å². The van der Waals surface area contributed by atoms with Crippen LogP contribution >= 0.6 is 15.9 Å². The molecule has 28 heavy (non-hydrogen) atoms. The van der Waals surface area contributed by atoms with Gasteiger partial charge in [0, 0.05) is 22.0 Å². The Balaban J connectivity index is 1.52. The number of benzene rings is 3. The standard InChI is InChI=1S/C23H20BrN3O/c1-16-2-4-18(5-3-16)15-27-22-12-19(8-9-20(22)14-26-27)23(28)25-13-17-6-10-21(24)11-7-17/h2-12,14H,13,15H2,1H3,(H,25,28). The largest absolute Gasteiger partial charge is 0.348 e. The number of amides is 1. The molecule has 1 N–H and O–H groups in total. The van der Waals surface area contributed by atoms with Gasteiger partial charge in [-0.25, -0.2) is 0 Å². The quantitative estimate of drug-likeness (QED) is 0.476. The van der Waals surface area contributed by atoms with Gasteiger partial charge in [-0.1, -0.05) is 64.0 Å². The van der Waals surface area contributed by atoms with Crippen LogP contribution in [-0.4, -0.2) is 15.7 Å². The van der Waals surface area contributed by atoms with E-state index in [2.05, 4.69) is 57.5 Å². The van der Waals surface area contributed by atoms with Crippen molar-refractivity contribution in [2.75, 3.05) is 0 Å². The summed E-state index contributed by atoms with van der Waals surface area (Å²) in [6.07, 6.45) is 1.84. The molecule has 1 aromatic heterocycles. The van der Waals surface area contributed by atoms with E-state index in [1.165, 1.54) is 11.1 Å². The molecule has 0 bridgehead atoms. The van der Waals surface area contributed by atoms with Crippen molar-refractivity contribution >= 4 is 32.7 Å². The minimum atomic E-state index is -0.0899. The highest BCUT2D eigenvalue weighted by molar-refractivity contribution is 9.10. The zero-order chi connectivity index (χ0) is 19.5. The molecular weight excluding hydrogens is 414 g/mol. The number of halogens is 1. The van der Waals surface area contributed by atoms with Crippen LogP contribution in [0.15, 0.2) is 77.4 Å². The van der Waals surface area contributed by atoms with Crippen LogP contribution in [0.1, 0.15) is 27.0 Å². The summed E-state index contributed by atoms with van der Waals surface area (Å²) in [7, 11) is 0. The van der Waals surface area contributed by atoms with E-state index < -0.39 is 0 Å². The van der Waals surface area contributed by atoms with Crippen molar-refractivity contribution in [2.45, 2.75) is 20.0 Å². The maximum Gasteiger partial charge on any atom is 0.251 e. The van der Waals surface area contributed by atoms with Crippen molar-refractivity contribution in [3.8, 4) is 0 Å². The molecule has 0 spiro atoms. The highest BCUT2D eigenvalue weighted by Gasteiger charge is 2.10. The minimum Gasteiger partial charge on any atom is -0.348 e. The fourth-order valence-corrected chi connectivity index (χ4v) is 3.36. The molecule has 3 aromatic carbocycles. The van der Waals surface area contributed by atoms with Crippen molar-refractivity contribution in [1.29, 1.82) is 0 Å². The number of rotatable bonds is 5. The van der Waals surface area contributed by atoms with Crippen LogP contribution in [0.4, 0.5) is 0 Å². The summed E-state index contributed by atoms with van der Waals surface area (Å²) in [5.41, 5.74) is 5.06. The van der Waals surface area contributed by atoms with E-state index in [9.17, 15) is 4.79 Å². The van der Waals surface area contributed by atoms with Gasteiger partial charge in [0.05, 0.1) is 18.3 Å². The summed E-state index contributed by atoms with van der Waals surface area (Å²) < 4.78 is 2.96. The average molecular weight is 434 g/mol. The molecule has 4 nitrogen and oxygen atoms in total. The molecule has 4 aromatic rings. The number of fused-ring (bicyclic) bond motifs is 1. The average Bonchev–Trinajstić information content (AvgIpc) is 3.11. The smallest absolute Gasteiger partial charge is 0.251 e. The van der Waals surface area contributed by atoms with E-state index in [1.807, 2.05) is 53.3 Å². The predicted molar refractivity (Wildman–Crippen MR) is 115 cm³/mol. The van der Waals surface area contributed by atoms with Gasteiger partial charge in [0.25, 0.3) is 5.91 Å². The van der Waals surface area contributed by atoms with Crippen LogP contribution in [0.5, 0.6) is 0 Å². The molecule has 0 unspecified atom stereocenters. The van der Waals surface area contributed by atoms with Crippen LogP contribution in [0.25, 0.3) is 10.9 Å². The maximum absolute atomic E-state index is 12.6. The lowest BCUT2D eigenvalue weighted by atomic mass is 10.1. The molecule has 0 saturated carbocycles. The first kappa shape index (κ1) is 18.4. The topological polar surface area (TPSA) is 46.9 Å². The SMILES string of the molecule is Cc1ccc(Cn2ncc3ccc(C(=O)NCc4ccc(Br)cc4)cc32)cc1. The first-order chi connectivity index (χ1) is 13.6. The van der Waals surface area contributed by atoms with Crippen LogP contribution in [0.2, 0.25) is 0 Å². The fourth-order valence-electron chi connectivity index (χ4n) is 3.09. The number of aryl methyl sites for hydroxylation is 1. The predicted octanol–water partition coefficient (Wildman–Crippen LogP) is 5.09. The van der Waals surface area contributed by atoms with Gasteiger partial charge in [-0.2, -0.15) is 5.10 Å². The van der Waals surface area contributed by atoms with Gasteiger partial charge >= 0.3 is 0 Å². The Hall–Kier alpha value is -2.92. The first-order valence-electron chi connectivity index (χ1n) is 9.12. The second kappa shape index (κ2) is 7.98. The number of carbonyl (C=O) groups excluding carboxylic acids is 1. The lowest BCUT2D eigenvalue weighted by Crippen LogP contribution is -2.22. The second-order valence-electron chi connectivity index (χ2n) is 6.87. The summed E-state index contributed by atoms with van der Waals surface area (Å²) in [5, 5.41) is 8.50. The zero-order valence-electron chi connectivity index (χ0n) is 15.5. The highest BCUT2D eigenvalue weighted by atomic mass is 79.9. The van der Waals surface area contributed by atoms with Gasteiger partial charge in [-0.15, -0.1) is 0 Å². The molecule has 0 saturated heterocycles. The van der Waals surface area contributed by atoms with Gasteiger partial charge in [-0.05, 0) is 42.3 Å². The van der Waals surface area contributed by atoms with Crippen molar-refractivity contribution in [2.24, 2.45) is 0 Å². The number of carbonyl (C=O) groups is 1. The van der Waals surface area contributed by atoms with E-state index in [0.29, 0.717) is 18.7 Å². The molecule has 0 radical (unpaired) electrons. The summed E-state index contributed by atoms with van der Waals surface area (Å²) in [6.45, 7) is 3.24. The van der Waals surface area contributed by atoms with Crippen molar-refractivity contribution in [1.82, 2.24) is 15.1 Å². The number of aromatic nitrogens is 2. The van der Waals surface area contributed by atoms with Crippen molar-refractivity contribution < 1.29 is 4.79 Å². The lowest BCUT2D eigenvalue weighted by molar-refractivity contribution is 0.0951. The Bertz CT molecular complexity index is 1120. The lowest BCUT2D eigenvalue weighted by Gasteiger charge is -2.08. The third-order valence-electron chi connectivity index (χ3n) is 4.73. The molecule has 0 atom stereocenters. The molecule has 4 rings (SSSR count). The Morgan fingerprint density at radius 3 is 2.46 bits per heavy atom. The number of nitrogens with one attached hydrogen (secondary N) is 1. The van der Waals surface area contributed by atoms with Gasteiger partial charge in [0.15, 0.2) is 0 Å². The van der Waals surface area contributed by atoms with Crippen LogP contribution < -0.4 is 5.32 Å². The third-order valence-corrected chi connectivity index (χ3v) is 5.25. The molecule has 0 aliphatic heterocycles. The Morgan fingerprint density at radius 1 is 1.00 bits per heavy atom. The van der Waals surface area contributed by atoms with Crippen molar-refractivity contribution in [3.05, 3.63) is 99.7 Å². The number of hydrogen-bond donors (Lipinski definition) is 1. The van der Waals surface area contributed by atoms with Gasteiger partial charge in [-0.3, -0.25) is 9.48 Å². The highest BCUT2D eigenvalue weighted by Crippen LogP contribution is 2.18. The molecule has 0 aliphatic rings.